The number of fused-ring (bicyclic) bond motifs is 2. The first-order valence-corrected chi connectivity index (χ1v) is 10.1. The Kier molecular flexibility index (Phi) is 5.58. The van der Waals surface area contributed by atoms with E-state index in [1.807, 2.05) is 18.2 Å². The van der Waals surface area contributed by atoms with Crippen molar-refractivity contribution < 1.29 is 4.74 Å². The van der Waals surface area contributed by atoms with Gasteiger partial charge in [-0.2, -0.15) is 0 Å². The Morgan fingerprint density at radius 1 is 1.18 bits per heavy atom. The number of methoxy groups -OCH3 is 1. The van der Waals surface area contributed by atoms with E-state index in [0.717, 1.165) is 61.1 Å². The summed E-state index contributed by atoms with van der Waals surface area (Å²) in [6.07, 6.45) is 1.01. The van der Waals surface area contributed by atoms with E-state index in [9.17, 15) is 0 Å². The highest BCUT2D eigenvalue weighted by atomic mass is 35.5. The van der Waals surface area contributed by atoms with Gasteiger partial charge in [0, 0.05) is 55.7 Å². The minimum absolute atomic E-state index is 0.444. The third-order valence-electron chi connectivity index (χ3n) is 5.60. The summed E-state index contributed by atoms with van der Waals surface area (Å²) in [5.41, 5.74) is 5.31. The molecule has 1 fully saturated rings. The standard InChI is InChI=1S/C22H27ClN4O/c1-15-4-6-19-18(12-15)22(25-21-13-16(23)5-7-20(21)24-19)27-10-9-26(2)17(14-27)8-11-28-3/h4-7,12-13,17,24H,8-11,14H2,1-3H3/t17-/m0/s1. The molecule has 0 radical (unpaired) electrons. The number of amidine groups is 1. The van der Waals surface area contributed by atoms with Crippen molar-refractivity contribution in [3.05, 3.63) is 52.5 Å². The molecule has 1 atom stereocenters. The molecule has 1 saturated heterocycles. The number of aryl methyl sites for hydroxylation is 1. The Balaban J connectivity index is 1.76. The predicted molar refractivity (Wildman–Crippen MR) is 117 cm³/mol. The summed E-state index contributed by atoms with van der Waals surface area (Å²) >= 11 is 6.27. The zero-order chi connectivity index (χ0) is 19.7. The number of ether oxygens (including phenoxy) is 1. The van der Waals surface area contributed by atoms with Gasteiger partial charge in [0.1, 0.15) is 5.84 Å². The number of hydrogen-bond donors (Lipinski definition) is 1. The molecular formula is C22H27ClN4O. The van der Waals surface area contributed by atoms with Gasteiger partial charge in [-0.3, -0.25) is 4.90 Å². The van der Waals surface area contributed by atoms with Crippen molar-refractivity contribution in [3.63, 3.8) is 0 Å². The fraction of sp³-hybridized carbons (Fsp3) is 0.409. The van der Waals surface area contributed by atoms with Crippen LogP contribution >= 0.6 is 11.6 Å². The van der Waals surface area contributed by atoms with Crippen LogP contribution in [-0.4, -0.2) is 62.1 Å². The normalized spacial score (nSPS) is 19.4. The monoisotopic (exact) mass is 398 g/mol. The average Bonchev–Trinajstić information content (AvgIpc) is 2.84. The fourth-order valence-electron chi connectivity index (χ4n) is 3.92. The molecule has 28 heavy (non-hydrogen) atoms. The fourth-order valence-corrected chi connectivity index (χ4v) is 4.09. The molecule has 0 spiro atoms. The molecule has 5 nitrogen and oxygen atoms in total. The summed E-state index contributed by atoms with van der Waals surface area (Å²) in [6.45, 7) is 5.78. The number of halogens is 1. The van der Waals surface area contributed by atoms with Crippen molar-refractivity contribution in [2.45, 2.75) is 19.4 Å². The van der Waals surface area contributed by atoms with Crippen molar-refractivity contribution >= 4 is 34.5 Å². The number of nitrogens with one attached hydrogen (secondary N) is 1. The van der Waals surface area contributed by atoms with E-state index in [1.165, 1.54) is 5.56 Å². The smallest absolute Gasteiger partial charge is 0.138 e. The maximum atomic E-state index is 6.27. The number of benzene rings is 2. The molecular weight excluding hydrogens is 372 g/mol. The van der Waals surface area contributed by atoms with Crippen molar-refractivity contribution in [2.75, 3.05) is 45.7 Å². The molecule has 2 heterocycles. The van der Waals surface area contributed by atoms with Crippen LogP contribution in [0.15, 0.2) is 41.4 Å². The molecule has 2 aromatic carbocycles. The highest BCUT2D eigenvalue weighted by molar-refractivity contribution is 6.31. The Labute approximate surface area is 172 Å². The van der Waals surface area contributed by atoms with Gasteiger partial charge in [-0.15, -0.1) is 0 Å². The summed E-state index contributed by atoms with van der Waals surface area (Å²) in [7, 11) is 3.96. The van der Waals surface area contributed by atoms with Crippen LogP contribution in [0.25, 0.3) is 0 Å². The topological polar surface area (TPSA) is 40.1 Å². The van der Waals surface area contributed by atoms with Gasteiger partial charge in [-0.25, -0.2) is 4.99 Å². The van der Waals surface area contributed by atoms with Gasteiger partial charge in [0.15, 0.2) is 0 Å². The molecule has 0 aromatic heterocycles. The van der Waals surface area contributed by atoms with Crippen LogP contribution in [0.3, 0.4) is 0 Å². The molecule has 0 amide bonds. The minimum Gasteiger partial charge on any atom is -0.385 e. The van der Waals surface area contributed by atoms with Crippen LogP contribution in [0.2, 0.25) is 5.02 Å². The summed E-state index contributed by atoms with van der Waals surface area (Å²) < 4.78 is 5.33. The van der Waals surface area contributed by atoms with Gasteiger partial charge < -0.3 is 15.0 Å². The van der Waals surface area contributed by atoms with E-state index in [1.54, 1.807) is 7.11 Å². The first kappa shape index (κ1) is 19.2. The maximum Gasteiger partial charge on any atom is 0.138 e. The third kappa shape index (κ3) is 3.88. The molecule has 0 bridgehead atoms. The number of aliphatic imine (C=N–C) groups is 1. The van der Waals surface area contributed by atoms with Crippen LogP contribution in [0, 0.1) is 6.92 Å². The van der Waals surface area contributed by atoms with Crippen molar-refractivity contribution in [2.24, 2.45) is 4.99 Å². The molecule has 2 aromatic rings. The summed E-state index contributed by atoms with van der Waals surface area (Å²) in [6, 6.07) is 12.8. The molecule has 1 N–H and O–H groups in total. The van der Waals surface area contributed by atoms with Crippen molar-refractivity contribution in [1.82, 2.24) is 9.80 Å². The van der Waals surface area contributed by atoms with E-state index < -0.39 is 0 Å². The first-order valence-electron chi connectivity index (χ1n) is 9.75. The van der Waals surface area contributed by atoms with Crippen LogP contribution < -0.4 is 5.32 Å². The quantitative estimate of drug-likeness (QED) is 0.829. The minimum atomic E-state index is 0.444. The van der Waals surface area contributed by atoms with E-state index in [4.69, 9.17) is 21.3 Å². The van der Waals surface area contributed by atoms with Gasteiger partial charge in [0.25, 0.3) is 0 Å². The predicted octanol–water partition coefficient (Wildman–Crippen LogP) is 4.44. The molecule has 148 valence electrons. The van der Waals surface area contributed by atoms with Crippen LogP contribution in [0.5, 0.6) is 0 Å². The molecule has 6 heteroatoms. The van der Waals surface area contributed by atoms with E-state index in [0.29, 0.717) is 11.1 Å². The maximum absolute atomic E-state index is 6.27. The zero-order valence-electron chi connectivity index (χ0n) is 16.7. The Bertz CT molecular complexity index is 898. The molecule has 0 aliphatic carbocycles. The third-order valence-corrected chi connectivity index (χ3v) is 5.84. The summed E-state index contributed by atoms with van der Waals surface area (Å²) in [5, 5.41) is 4.25. The molecule has 0 unspecified atom stereocenters. The van der Waals surface area contributed by atoms with Gasteiger partial charge >= 0.3 is 0 Å². The lowest BCUT2D eigenvalue weighted by Gasteiger charge is -2.41. The lowest BCUT2D eigenvalue weighted by Crippen LogP contribution is -2.53. The second kappa shape index (κ2) is 8.11. The highest BCUT2D eigenvalue weighted by Gasteiger charge is 2.29. The van der Waals surface area contributed by atoms with E-state index >= 15 is 0 Å². The first-order chi connectivity index (χ1) is 13.5. The van der Waals surface area contributed by atoms with Crippen LogP contribution in [-0.2, 0) is 4.74 Å². The number of likely N-dealkylation sites (N-methyl/N-ethyl adjacent to an activating group) is 1. The lowest BCUT2D eigenvalue weighted by atomic mass is 10.0. The summed E-state index contributed by atoms with van der Waals surface area (Å²) in [5.74, 6) is 1.02. The van der Waals surface area contributed by atoms with E-state index in [2.05, 4.69) is 47.3 Å². The van der Waals surface area contributed by atoms with Gasteiger partial charge in [-0.05, 0) is 50.7 Å². The Hall–Kier alpha value is -2.08. The number of rotatable bonds is 3. The van der Waals surface area contributed by atoms with Crippen LogP contribution in [0.1, 0.15) is 17.5 Å². The molecule has 2 aliphatic heterocycles. The Morgan fingerprint density at radius 2 is 2.00 bits per heavy atom. The number of piperazine rings is 1. The van der Waals surface area contributed by atoms with Crippen molar-refractivity contribution in [1.29, 1.82) is 0 Å². The molecule has 4 rings (SSSR count). The summed E-state index contributed by atoms with van der Waals surface area (Å²) in [4.78, 5) is 9.93. The SMILES string of the molecule is COCC[C@H]1CN(C2=Nc3cc(Cl)ccc3Nc3ccc(C)cc32)CCN1C. The Morgan fingerprint density at radius 3 is 2.82 bits per heavy atom. The molecule has 0 saturated carbocycles. The zero-order valence-corrected chi connectivity index (χ0v) is 17.5. The van der Waals surface area contributed by atoms with Crippen molar-refractivity contribution in [3.8, 4) is 0 Å². The molecule has 2 aliphatic rings. The van der Waals surface area contributed by atoms with Gasteiger partial charge in [0.05, 0.1) is 11.4 Å². The van der Waals surface area contributed by atoms with Gasteiger partial charge in [-0.1, -0.05) is 23.2 Å². The number of nitrogens with zero attached hydrogens (tertiary/aromatic N) is 3. The van der Waals surface area contributed by atoms with Gasteiger partial charge in [0.2, 0.25) is 0 Å². The van der Waals surface area contributed by atoms with E-state index in [-0.39, 0.29) is 0 Å². The average molecular weight is 399 g/mol. The van der Waals surface area contributed by atoms with Crippen LogP contribution in [0.4, 0.5) is 17.1 Å². The highest BCUT2D eigenvalue weighted by Crippen LogP contribution is 2.37. The second-order valence-corrected chi connectivity index (χ2v) is 8.07. The largest absolute Gasteiger partial charge is 0.385 e. The number of hydrogen-bond acceptors (Lipinski definition) is 5. The number of anilines is 2. The lowest BCUT2D eigenvalue weighted by molar-refractivity contribution is 0.100. The second-order valence-electron chi connectivity index (χ2n) is 7.63.